The summed E-state index contributed by atoms with van der Waals surface area (Å²) in [4.78, 5) is 20.4. The molecule has 20 heavy (non-hydrogen) atoms. The van der Waals surface area contributed by atoms with Crippen molar-refractivity contribution in [1.82, 2.24) is 25.1 Å². The summed E-state index contributed by atoms with van der Waals surface area (Å²) in [5, 5.41) is 6.93. The van der Waals surface area contributed by atoms with Gasteiger partial charge >= 0.3 is 0 Å². The molecule has 0 saturated carbocycles. The Morgan fingerprint density at radius 1 is 1.50 bits per heavy atom. The summed E-state index contributed by atoms with van der Waals surface area (Å²) in [5.74, 6) is 0.414. The number of carbonyl (C=O) groups is 1. The van der Waals surface area contributed by atoms with Gasteiger partial charge in [-0.2, -0.15) is 5.10 Å². The quantitative estimate of drug-likeness (QED) is 0.861. The Morgan fingerprint density at radius 3 is 2.85 bits per heavy atom. The maximum Gasteiger partial charge on any atom is 0.272 e. The van der Waals surface area contributed by atoms with Gasteiger partial charge in [-0.3, -0.25) is 9.48 Å². The van der Waals surface area contributed by atoms with Crippen molar-refractivity contribution < 1.29 is 4.79 Å². The Morgan fingerprint density at radius 2 is 2.25 bits per heavy atom. The zero-order valence-electron chi connectivity index (χ0n) is 11.8. The number of nitrogens with zero attached hydrogens (tertiary/aromatic N) is 4. The minimum absolute atomic E-state index is 0.137. The van der Waals surface area contributed by atoms with E-state index in [1.807, 2.05) is 33.2 Å². The number of anilines is 1. The van der Waals surface area contributed by atoms with E-state index in [2.05, 4.69) is 20.4 Å². The van der Waals surface area contributed by atoms with Gasteiger partial charge < -0.3 is 11.1 Å². The molecule has 2 heterocycles. The third kappa shape index (κ3) is 3.11. The van der Waals surface area contributed by atoms with Crippen LogP contribution in [0.15, 0.2) is 18.5 Å². The van der Waals surface area contributed by atoms with E-state index in [1.54, 1.807) is 4.68 Å². The van der Waals surface area contributed by atoms with Crippen LogP contribution in [0.4, 0.5) is 5.69 Å². The zero-order valence-corrected chi connectivity index (χ0v) is 11.8. The van der Waals surface area contributed by atoms with Crippen molar-refractivity contribution in [1.29, 1.82) is 0 Å². The molecule has 0 fully saturated rings. The fourth-order valence-corrected chi connectivity index (χ4v) is 1.68. The van der Waals surface area contributed by atoms with E-state index < -0.39 is 0 Å². The topological polar surface area (TPSA) is 98.7 Å². The van der Waals surface area contributed by atoms with Gasteiger partial charge in [0.15, 0.2) is 5.69 Å². The summed E-state index contributed by atoms with van der Waals surface area (Å²) in [6, 6.07) is 1.84. The van der Waals surface area contributed by atoms with Crippen molar-refractivity contribution in [2.24, 2.45) is 7.05 Å². The molecule has 0 atom stereocenters. The van der Waals surface area contributed by atoms with Crippen molar-refractivity contribution >= 4 is 11.6 Å². The molecule has 2 rings (SSSR count). The molecule has 7 heteroatoms. The Hall–Kier alpha value is -2.44. The van der Waals surface area contributed by atoms with E-state index >= 15 is 0 Å². The molecule has 0 aliphatic carbocycles. The van der Waals surface area contributed by atoms with Crippen molar-refractivity contribution in [3.05, 3.63) is 35.7 Å². The fraction of sp³-hybridized carbons (Fsp3) is 0.385. The van der Waals surface area contributed by atoms with Crippen LogP contribution in [-0.2, 0) is 13.6 Å². The first-order chi connectivity index (χ1) is 9.47. The molecular formula is C13H18N6O. The van der Waals surface area contributed by atoms with E-state index in [0.717, 1.165) is 5.69 Å². The van der Waals surface area contributed by atoms with E-state index in [1.165, 1.54) is 6.20 Å². The van der Waals surface area contributed by atoms with Gasteiger partial charge in [0.1, 0.15) is 5.82 Å². The van der Waals surface area contributed by atoms with Gasteiger partial charge in [-0.15, -0.1) is 0 Å². The fourth-order valence-electron chi connectivity index (χ4n) is 1.68. The SMILES string of the molecule is CC(C)c1ncc(N)c(C(=O)NCc2ccn(C)n2)n1. The largest absolute Gasteiger partial charge is 0.396 e. The standard InChI is InChI=1S/C13H18N6O/c1-8(2)12-15-7-10(14)11(17-12)13(20)16-6-9-4-5-19(3)18-9/h4-5,7-8H,6,14H2,1-3H3,(H,16,20). The number of hydrogen-bond acceptors (Lipinski definition) is 5. The Kier molecular flexibility index (Phi) is 3.97. The van der Waals surface area contributed by atoms with Gasteiger partial charge in [0, 0.05) is 19.2 Å². The lowest BCUT2D eigenvalue weighted by molar-refractivity contribution is 0.0946. The predicted octanol–water partition coefficient (Wildman–Crippen LogP) is 0.846. The third-order valence-electron chi connectivity index (χ3n) is 2.77. The van der Waals surface area contributed by atoms with Crippen LogP contribution in [0, 0.1) is 0 Å². The molecule has 1 amide bonds. The van der Waals surface area contributed by atoms with Gasteiger partial charge in [-0.05, 0) is 6.07 Å². The Bertz CT molecular complexity index is 619. The van der Waals surface area contributed by atoms with E-state index in [0.29, 0.717) is 12.4 Å². The highest BCUT2D eigenvalue weighted by atomic mass is 16.1. The van der Waals surface area contributed by atoms with Gasteiger partial charge in [0.05, 0.1) is 24.1 Å². The highest BCUT2D eigenvalue weighted by molar-refractivity contribution is 5.96. The molecule has 0 aromatic carbocycles. The molecule has 0 spiro atoms. The maximum atomic E-state index is 12.1. The first kappa shape index (κ1) is 14.0. The summed E-state index contributed by atoms with van der Waals surface area (Å²) < 4.78 is 1.68. The lowest BCUT2D eigenvalue weighted by Crippen LogP contribution is -2.26. The number of rotatable bonds is 4. The molecule has 2 aromatic heterocycles. The Labute approximate surface area is 117 Å². The molecule has 3 N–H and O–H groups in total. The van der Waals surface area contributed by atoms with Crippen molar-refractivity contribution in [2.45, 2.75) is 26.3 Å². The minimum Gasteiger partial charge on any atom is -0.396 e. The second-order valence-electron chi connectivity index (χ2n) is 4.85. The summed E-state index contributed by atoms with van der Waals surface area (Å²) in [7, 11) is 1.82. The number of aromatic nitrogens is 4. The average Bonchev–Trinajstić information content (AvgIpc) is 2.82. The molecule has 0 bridgehead atoms. The highest BCUT2D eigenvalue weighted by Crippen LogP contribution is 2.13. The molecule has 0 unspecified atom stereocenters. The zero-order chi connectivity index (χ0) is 14.7. The molecular weight excluding hydrogens is 256 g/mol. The van der Waals surface area contributed by atoms with Gasteiger partial charge in [-0.1, -0.05) is 13.8 Å². The van der Waals surface area contributed by atoms with E-state index in [-0.39, 0.29) is 23.2 Å². The number of nitrogen functional groups attached to an aromatic ring is 1. The highest BCUT2D eigenvalue weighted by Gasteiger charge is 2.15. The van der Waals surface area contributed by atoms with Crippen molar-refractivity contribution in [3.63, 3.8) is 0 Å². The van der Waals surface area contributed by atoms with Crippen LogP contribution < -0.4 is 11.1 Å². The Balaban J connectivity index is 2.10. The number of amides is 1. The maximum absolute atomic E-state index is 12.1. The first-order valence-corrected chi connectivity index (χ1v) is 6.36. The molecule has 0 aliphatic heterocycles. The average molecular weight is 274 g/mol. The molecule has 7 nitrogen and oxygen atoms in total. The van der Waals surface area contributed by atoms with Crippen LogP contribution in [0.5, 0.6) is 0 Å². The smallest absolute Gasteiger partial charge is 0.272 e. The van der Waals surface area contributed by atoms with E-state index in [4.69, 9.17) is 5.73 Å². The van der Waals surface area contributed by atoms with Crippen LogP contribution in [0.25, 0.3) is 0 Å². The van der Waals surface area contributed by atoms with Crippen molar-refractivity contribution in [2.75, 3.05) is 5.73 Å². The normalized spacial score (nSPS) is 10.8. The van der Waals surface area contributed by atoms with Crippen LogP contribution in [0.3, 0.4) is 0 Å². The first-order valence-electron chi connectivity index (χ1n) is 6.36. The monoisotopic (exact) mass is 274 g/mol. The minimum atomic E-state index is -0.322. The molecule has 0 radical (unpaired) electrons. The predicted molar refractivity (Wildman–Crippen MR) is 74.9 cm³/mol. The summed E-state index contributed by atoms with van der Waals surface area (Å²) in [6.45, 7) is 4.25. The second kappa shape index (κ2) is 5.68. The van der Waals surface area contributed by atoms with Gasteiger partial charge in [0.2, 0.25) is 0 Å². The molecule has 0 aliphatic rings. The number of aryl methyl sites for hydroxylation is 1. The van der Waals surface area contributed by atoms with Gasteiger partial charge in [-0.25, -0.2) is 9.97 Å². The van der Waals surface area contributed by atoms with Crippen LogP contribution in [0.1, 0.15) is 41.8 Å². The molecule has 106 valence electrons. The van der Waals surface area contributed by atoms with Crippen molar-refractivity contribution in [3.8, 4) is 0 Å². The number of nitrogens with two attached hydrogens (primary N) is 1. The van der Waals surface area contributed by atoms with Crippen LogP contribution in [0.2, 0.25) is 0 Å². The number of carbonyl (C=O) groups excluding carboxylic acids is 1. The third-order valence-corrected chi connectivity index (χ3v) is 2.77. The summed E-state index contributed by atoms with van der Waals surface area (Å²) in [5.41, 5.74) is 7.01. The lowest BCUT2D eigenvalue weighted by Gasteiger charge is -2.09. The second-order valence-corrected chi connectivity index (χ2v) is 4.85. The van der Waals surface area contributed by atoms with Crippen LogP contribution >= 0.6 is 0 Å². The molecule has 2 aromatic rings. The summed E-state index contributed by atoms with van der Waals surface area (Å²) >= 11 is 0. The number of nitrogens with one attached hydrogen (secondary N) is 1. The van der Waals surface area contributed by atoms with Crippen LogP contribution in [-0.4, -0.2) is 25.7 Å². The van der Waals surface area contributed by atoms with E-state index in [9.17, 15) is 4.79 Å². The lowest BCUT2D eigenvalue weighted by atomic mass is 10.2. The number of hydrogen-bond donors (Lipinski definition) is 2. The summed E-state index contributed by atoms with van der Waals surface area (Å²) in [6.07, 6.45) is 3.29. The molecule has 0 saturated heterocycles. The van der Waals surface area contributed by atoms with Gasteiger partial charge in [0.25, 0.3) is 5.91 Å².